The van der Waals surface area contributed by atoms with Crippen molar-refractivity contribution in [2.75, 3.05) is 13.2 Å². The Morgan fingerprint density at radius 3 is 1.15 bits per heavy atom. The van der Waals surface area contributed by atoms with Gasteiger partial charge in [0.15, 0.2) is 0 Å². The molecule has 22 heteroatoms. The van der Waals surface area contributed by atoms with Crippen molar-refractivity contribution in [2.24, 2.45) is 0 Å². The first-order valence-corrected chi connectivity index (χ1v) is 11.2. The third-order valence-electron chi connectivity index (χ3n) is 4.94. The van der Waals surface area contributed by atoms with Crippen molar-refractivity contribution in [3.05, 3.63) is 29.3 Å². The van der Waals surface area contributed by atoms with Gasteiger partial charge in [-0.2, -0.15) is 52.7 Å². The monoisotopic (exact) mass is 633 g/mol. The third kappa shape index (κ3) is 7.66. The number of alkyl halides is 12. The lowest BCUT2D eigenvalue weighted by atomic mass is 9.99. The minimum absolute atomic E-state index is 0.104. The molecule has 0 radical (unpaired) electrons. The van der Waals surface area contributed by atoms with Crippen LogP contribution in [0.4, 0.5) is 52.7 Å². The molecule has 0 saturated heterocycles. The van der Waals surface area contributed by atoms with Crippen molar-refractivity contribution in [1.82, 2.24) is 0 Å². The van der Waals surface area contributed by atoms with E-state index in [1.54, 1.807) is 0 Å². The first kappa shape index (κ1) is 35.2. The third-order valence-corrected chi connectivity index (χ3v) is 5.75. The molecule has 0 aromatic heterocycles. The fourth-order valence-electron chi connectivity index (χ4n) is 2.62. The number of carbonyl (C=O) groups is 2. The van der Waals surface area contributed by atoms with Crippen molar-refractivity contribution in [1.29, 1.82) is 0 Å². The second-order valence-corrected chi connectivity index (χ2v) is 9.06. The molecule has 0 unspecified atom stereocenters. The van der Waals surface area contributed by atoms with Crippen LogP contribution < -0.4 is 0 Å². The number of ether oxygens (including phenoxy) is 2. The van der Waals surface area contributed by atoms with Crippen LogP contribution >= 0.6 is 0 Å². The standard InChI is InChI=1S/C18H14F12O9S/c19-15(20,21)13(33,16(22,23)24)1-3-38-11(31)8-5-9(7-10(6-8)40(35,36)37)12(32)39-4-2-14(34,17(25,26)27)18(28,29)30/h5-7,33-34H,1-4H2,(H,35,36,37)/p-1. The summed E-state index contributed by atoms with van der Waals surface area (Å²) < 4.78 is 194. The molecule has 1 aromatic rings. The lowest BCUT2D eigenvalue weighted by molar-refractivity contribution is -0.371. The zero-order chi connectivity index (χ0) is 31.8. The molecule has 1 aromatic carbocycles. The highest BCUT2D eigenvalue weighted by atomic mass is 32.2. The molecule has 0 bridgehead atoms. The highest BCUT2D eigenvalue weighted by molar-refractivity contribution is 7.85. The summed E-state index contributed by atoms with van der Waals surface area (Å²) in [6.45, 7) is -3.67. The number of hydrogen-bond acceptors (Lipinski definition) is 9. The van der Waals surface area contributed by atoms with Crippen molar-refractivity contribution < 1.29 is 94.9 Å². The molecule has 0 aliphatic carbocycles. The van der Waals surface area contributed by atoms with Gasteiger partial charge < -0.3 is 24.2 Å². The summed E-state index contributed by atoms with van der Waals surface area (Å²) in [5.41, 5.74) is -13.2. The van der Waals surface area contributed by atoms with E-state index in [9.17, 15) is 75.2 Å². The van der Waals surface area contributed by atoms with E-state index in [-0.39, 0.29) is 18.2 Å². The van der Waals surface area contributed by atoms with Gasteiger partial charge in [-0.1, -0.05) is 0 Å². The molecule has 0 atom stereocenters. The highest BCUT2D eigenvalue weighted by Crippen LogP contribution is 2.46. The van der Waals surface area contributed by atoms with Gasteiger partial charge in [-0.05, 0) is 18.2 Å². The molecule has 40 heavy (non-hydrogen) atoms. The van der Waals surface area contributed by atoms with Gasteiger partial charge >= 0.3 is 36.6 Å². The Bertz CT molecular complexity index is 1100. The van der Waals surface area contributed by atoms with E-state index < -0.39 is 100 Å². The number of carbonyl (C=O) groups excluding carboxylic acids is 2. The number of aliphatic hydroxyl groups is 2. The van der Waals surface area contributed by atoms with Gasteiger partial charge in [0.2, 0.25) is 0 Å². The Balaban J connectivity index is 3.20. The average Bonchev–Trinajstić information content (AvgIpc) is 2.74. The van der Waals surface area contributed by atoms with Crippen LogP contribution in [0.25, 0.3) is 0 Å². The smallest absolute Gasteiger partial charge is 0.426 e. The highest BCUT2D eigenvalue weighted by Gasteiger charge is 2.71. The van der Waals surface area contributed by atoms with Gasteiger partial charge in [0.25, 0.3) is 11.2 Å². The van der Waals surface area contributed by atoms with Crippen molar-refractivity contribution in [2.45, 2.75) is 53.6 Å². The number of benzene rings is 1. The van der Waals surface area contributed by atoms with E-state index in [0.29, 0.717) is 0 Å². The van der Waals surface area contributed by atoms with Crippen molar-refractivity contribution >= 4 is 22.1 Å². The molecular formula is C18H13F12O9S-. The number of rotatable bonds is 9. The zero-order valence-corrected chi connectivity index (χ0v) is 19.6. The van der Waals surface area contributed by atoms with Crippen molar-refractivity contribution in [3.63, 3.8) is 0 Å². The maximum atomic E-state index is 12.7. The predicted octanol–water partition coefficient (Wildman–Crippen LogP) is 3.40. The molecule has 2 N–H and O–H groups in total. The molecule has 0 aliphatic rings. The van der Waals surface area contributed by atoms with E-state index in [0.717, 1.165) is 0 Å². The topological polar surface area (TPSA) is 150 Å². The minimum atomic E-state index is -6.31. The lowest BCUT2D eigenvalue weighted by Crippen LogP contribution is -2.57. The van der Waals surface area contributed by atoms with Crippen LogP contribution in [0.1, 0.15) is 33.6 Å². The molecule has 0 saturated carbocycles. The quantitative estimate of drug-likeness (QED) is 0.237. The second-order valence-electron chi connectivity index (χ2n) is 7.68. The molecule has 1 rings (SSSR count). The summed E-state index contributed by atoms with van der Waals surface area (Å²) in [7, 11) is -5.62. The summed E-state index contributed by atoms with van der Waals surface area (Å²) in [6.07, 6.45) is -29.9. The first-order chi connectivity index (χ1) is 17.6. The number of halogens is 12. The normalized spacial score (nSPS) is 14.2. The molecule has 0 spiro atoms. The Hall–Kier alpha value is -2.85. The van der Waals surface area contributed by atoms with Gasteiger partial charge in [-0.15, -0.1) is 0 Å². The summed E-state index contributed by atoms with van der Waals surface area (Å²) in [5.74, 6) is -3.98. The fraction of sp³-hybridized carbons (Fsp3) is 0.556. The zero-order valence-electron chi connectivity index (χ0n) is 18.8. The maximum Gasteiger partial charge on any atom is 0.426 e. The first-order valence-electron chi connectivity index (χ1n) is 9.75. The largest absolute Gasteiger partial charge is 0.744 e. The molecule has 0 heterocycles. The van der Waals surface area contributed by atoms with Crippen LogP contribution in [0.2, 0.25) is 0 Å². The summed E-state index contributed by atoms with van der Waals surface area (Å²) in [5, 5.41) is 18.0. The van der Waals surface area contributed by atoms with Crippen LogP contribution in [0, 0.1) is 0 Å². The van der Waals surface area contributed by atoms with E-state index in [4.69, 9.17) is 10.2 Å². The average molecular weight is 633 g/mol. The van der Waals surface area contributed by atoms with E-state index >= 15 is 0 Å². The van der Waals surface area contributed by atoms with Gasteiger partial charge in [-0.25, -0.2) is 18.0 Å². The predicted molar refractivity (Wildman–Crippen MR) is 98.3 cm³/mol. The Morgan fingerprint density at radius 1 is 0.650 bits per heavy atom. The van der Waals surface area contributed by atoms with Gasteiger partial charge in [0, 0.05) is 12.8 Å². The Kier molecular flexibility index (Phi) is 9.85. The van der Waals surface area contributed by atoms with Crippen LogP contribution in [0.5, 0.6) is 0 Å². The molecule has 0 aliphatic heterocycles. The number of esters is 2. The van der Waals surface area contributed by atoms with E-state index in [1.807, 2.05) is 0 Å². The van der Waals surface area contributed by atoms with Crippen LogP contribution in [-0.2, 0) is 19.6 Å². The van der Waals surface area contributed by atoms with E-state index in [2.05, 4.69) is 9.47 Å². The second kappa shape index (κ2) is 11.2. The SMILES string of the molecule is O=C(OCCC(O)(C(F)(F)F)C(F)(F)F)c1cc(C(=O)OCCC(O)(C(F)(F)F)C(F)(F)F)cc(S(=O)(=O)[O-])c1. The molecule has 0 amide bonds. The van der Waals surface area contributed by atoms with Crippen LogP contribution in [0.3, 0.4) is 0 Å². The van der Waals surface area contributed by atoms with Crippen molar-refractivity contribution in [3.8, 4) is 0 Å². The summed E-state index contributed by atoms with van der Waals surface area (Å²) >= 11 is 0. The van der Waals surface area contributed by atoms with E-state index in [1.165, 1.54) is 0 Å². The van der Waals surface area contributed by atoms with Gasteiger partial charge in [-0.3, -0.25) is 0 Å². The lowest BCUT2D eigenvalue weighted by Gasteiger charge is -2.32. The summed E-state index contributed by atoms with van der Waals surface area (Å²) in [6, 6.07) is 0.416. The minimum Gasteiger partial charge on any atom is -0.744 e. The van der Waals surface area contributed by atoms with Gasteiger partial charge in [0.05, 0.1) is 29.2 Å². The molecule has 0 fully saturated rings. The molecule has 9 nitrogen and oxygen atoms in total. The number of hydrogen-bond donors (Lipinski definition) is 2. The maximum absolute atomic E-state index is 12.7. The Labute approximate surface area is 214 Å². The molecular weight excluding hydrogens is 620 g/mol. The summed E-state index contributed by atoms with van der Waals surface area (Å²) in [4.78, 5) is 22.6. The fourth-order valence-corrected chi connectivity index (χ4v) is 3.16. The Morgan fingerprint density at radius 2 is 0.925 bits per heavy atom. The van der Waals surface area contributed by atoms with Gasteiger partial charge in [0.1, 0.15) is 10.1 Å². The molecule has 230 valence electrons. The van der Waals surface area contributed by atoms with Crippen LogP contribution in [0.15, 0.2) is 23.1 Å². The van der Waals surface area contributed by atoms with Crippen LogP contribution in [-0.4, -0.2) is 84.2 Å².